The fraction of sp³-hybridized carbons (Fsp3) is 0.960. The van der Waals surface area contributed by atoms with Crippen LogP contribution in [0.1, 0.15) is 239 Å². The summed E-state index contributed by atoms with van der Waals surface area (Å²) in [6, 6.07) is 0. The first-order valence-corrected chi connectivity index (χ1v) is 24.9. The molecule has 0 aliphatic heterocycles. The van der Waals surface area contributed by atoms with Crippen molar-refractivity contribution in [1.29, 1.82) is 0 Å². The molecule has 4 heteroatoms. The Bertz CT molecular complexity index is 986. The summed E-state index contributed by atoms with van der Waals surface area (Å²) in [5.41, 5.74) is 0. The lowest BCUT2D eigenvalue weighted by molar-refractivity contribution is -0.170. The Balaban J connectivity index is 0.966. The number of rotatable bonds is 22. The molecule has 0 aromatic rings. The second-order valence-corrected chi connectivity index (χ2v) is 19.9. The molecule has 0 heterocycles. The lowest BCUT2D eigenvalue weighted by Gasteiger charge is -2.38. The Kier molecular flexibility index (Phi) is 20.7. The molecule has 0 saturated heterocycles. The monoisotopic (exact) mass is 753 g/mol. The maximum atomic E-state index is 13.7. The van der Waals surface area contributed by atoms with Gasteiger partial charge in [-0.05, 0) is 131 Å². The van der Waals surface area contributed by atoms with E-state index in [0.29, 0.717) is 5.92 Å². The minimum absolute atomic E-state index is 0.00456. The Morgan fingerprint density at radius 2 is 0.833 bits per heavy atom. The third-order valence-corrected chi connectivity index (χ3v) is 16.1. The first-order chi connectivity index (χ1) is 26.5. The summed E-state index contributed by atoms with van der Waals surface area (Å²) in [7, 11) is 0. The molecule has 5 fully saturated rings. The highest BCUT2D eigenvalue weighted by molar-refractivity contribution is 5.73. The zero-order chi connectivity index (χ0) is 37.8. The minimum atomic E-state index is -0.260. The van der Waals surface area contributed by atoms with Gasteiger partial charge < -0.3 is 9.47 Å². The molecule has 0 bridgehead atoms. The predicted octanol–water partition coefficient (Wildman–Crippen LogP) is 14.7. The average Bonchev–Trinajstić information content (AvgIpc) is 3.22. The third-order valence-electron chi connectivity index (χ3n) is 16.1. The summed E-state index contributed by atoms with van der Waals surface area (Å²) in [4.78, 5) is 27.1. The first kappa shape index (κ1) is 44.1. The van der Waals surface area contributed by atoms with Gasteiger partial charge in [0.15, 0.2) is 0 Å². The maximum absolute atomic E-state index is 13.7. The van der Waals surface area contributed by atoms with E-state index in [0.717, 1.165) is 74.0 Å². The van der Waals surface area contributed by atoms with Crippen molar-refractivity contribution in [2.24, 2.45) is 53.3 Å². The van der Waals surface area contributed by atoms with Crippen LogP contribution in [-0.4, -0.2) is 24.6 Å². The van der Waals surface area contributed by atoms with E-state index >= 15 is 0 Å². The summed E-state index contributed by atoms with van der Waals surface area (Å²) in [5.74, 6) is 5.69. The van der Waals surface area contributed by atoms with E-state index < -0.39 is 0 Å². The summed E-state index contributed by atoms with van der Waals surface area (Å²) in [6.07, 6.45) is 45.6. The Hall–Kier alpha value is -1.06. The van der Waals surface area contributed by atoms with Gasteiger partial charge in [-0.3, -0.25) is 9.59 Å². The van der Waals surface area contributed by atoms with E-state index in [9.17, 15) is 9.59 Å². The number of carbonyl (C=O) groups excluding carboxylic acids is 2. The number of unbranched alkanes of at least 4 members (excludes halogenated alkanes) is 10. The van der Waals surface area contributed by atoms with Crippen molar-refractivity contribution in [1.82, 2.24) is 0 Å². The Morgan fingerprint density at radius 3 is 1.28 bits per heavy atom. The molecule has 1 atom stereocenters. The molecule has 54 heavy (non-hydrogen) atoms. The van der Waals surface area contributed by atoms with Crippen LogP contribution in [0.5, 0.6) is 0 Å². The molecular formula is C50H88O4. The number of hydrogen-bond donors (Lipinski definition) is 0. The largest absolute Gasteiger partial charge is 0.462 e. The summed E-state index contributed by atoms with van der Waals surface area (Å²) < 4.78 is 12.4. The SMILES string of the molecule is CCCCCCCCC1CCC(C2CCC(C(=O)OCC(OC(=O)C3CCC(C4CCC(CCCCCCCC)CC4)CC3)C3CCCCC3)CC2)CC1. The van der Waals surface area contributed by atoms with Crippen LogP contribution in [0.15, 0.2) is 0 Å². The van der Waals surface area contributed by atoms with Crippen LogP contribution in [0.25, 0.3) is 0 Å². The topological polar surface area (TPSA) is 52.6 Å². The van der Waals surface area contributed by atoms with Crippen molar-refractivity contribution in [2.75, 3.05) is 6.61 Å². The van der Waals surface area contributed by atoms with Crippen LogP contribution < -0.4 is 0 Å². The molecule has 0 N–H and O–H groups in total. The van der Waals surface area contributed by atoms with Gasteiger partial charge in [-0.25, -0.2) is 0 Å². The van der Waals surface area contributed by atoms with Crippen molar-refractivity contribution in [3.63, 3.8) is 0 Å². The first-order valence-electron chi connectivity index (χ1n) is 24.9. The van der Waals surface area contributed by atoms with Crippen molar-refractivity contribution >= 4 is 11.9 Å². The summed E-state index contributed by atoms with van der Waals surface area (Å²) >= 11 is 0. The molecule has 1 unspecified atom stereocenters. The second-order valence-electron chi connectivity index (χ2n) is 19.9. The predicted molar refractivity (Wildman–Crippen MR) is 225 cm³/mol. The van der Waals surface area contributed by atoms with Crippen LogP contribution >= 0.6 is 0 Å². The highest BCUT2D eigenvalue weighted by atomic mass is 16.6. The van der Waals surface area contributed by atoms with Crippen molar-refractivity contribution < 1.29 is 19.1 Å². The Morgan fingerprint density at radius 1 is 0.444 bits per heavy atom. The molecule has 0 aromatic carbocycles. The highest BCUT2D eigenvalue weighted by Crippen LogP contribution is 2.44. The normalized spacial score (nSPS) is 31.8. The van der Waals surface area contributed by atoms with E-state index in [1.165, 1.54) is 186 Å². The molecule has 5 aliphatic carbocycles. The van der Waals surface area contributed by atoms with Gasteiger partial charge in [0.05, 0.1) is 11.8 Å². The average molecular weight is 753 g/mol. The molecule has 0 amide bonds. The number of hydrogen-bond acceptors (Lipinski definition) is 4. The van der Waals surface area contributed by atoms with Gasteiger partial charge in [0.1, 0.15) is 12.7 Å². The van der Waals surface area contributed by atoms with E-state index in [-0.39, 0.29) is 36.5 Å². The zero-order valence-corrected chi connectivity index (χ0v) is 35.9. The third kappa shape index (κ3) is 15.0. The maximum Gasteiger partial charge on any atom is 0.309 e. The molecular weight excluding hydrogens is 665 g/mol. The van der Waals surface area contributed by atoms with Gasteiger partial charge in [0, 0.05) is 0 Å². The van der Waals surface area contributed by atoms with Crippen molar-refractivity contribution in [2.45, 2.75) is 245 Å². The van der Waals surface area contributed by atoms with Crippen LogP contribution in [0.2, 0.25) is 0 Å². The van der Waals surface area contributed by atoms with Crippen LogP contribution in [-0.2, 0) is 19.1 Å². The van der Waals surface area contributed by atoms with Crippen LogP contribution in [0, 0.1) is 53.3 Å². The van der Waals surface area contributed by atoms with E-state index in [1.54, 1.807) is 0 Å². The zero-order valence-electron chi connectivity index (χ0n) is 35.9. The number of carbonyl (C=O) groups is 2. The molecule has 0 radical (unpaired) electrons. The Labute approximate surface area is 334 Å². The van der Waals surface area contributed by atoms with Crippen LogP contribution in [0.3, 0.4) is 0 Å². The van der Waals surface area contributed by atoms with Gasteiger partial charge in [0.25, 0.3) is 0 Å². The summed E-state index contributed by atoms with van der Waals surface area (Å²) in [5, 5.41) is 0. The fourth-order valence-electron chi connectivity index (χ4n) is 12.3. The highest BCUT2D eigenvalue weighted by Gasteiger charge is 2.37. The standard InChI is InChI=1S/C50H88O4/c1-3-5-7-9-11-14-18-39-22-26-41(27-23-39)43-30-34-46(35-31-43)49(51)53-38-48(45-20-16-13-17-21-45)54-50(52)47-36-32-44(33-37-47)42-28-24-40(25-29-42)19-15-12-10-8-6-4-2/h39-48H,3-38H2,1-2H3. The quantitative estimate of drug-likeness (QED) is 0.0816. The lowest BCUT2D eigenvalue weighted by Crippen LogP contribution is -2.38. The van der Waals surface area contributed by atoms with Gasteiger partial charge >= 0.3 is 11.9 Å². The number of esters is 2. The van der Waals surface area contributed by atoms with E-state index in [1.807, 2.05) is 0 Å². The number of ether oxygens (including phenoxy) is 2. The van der Waals surface area contributed by atoms with Crippen molar-refractivity contribution in [3.8, 4) is 0 Å². The van der Waals surface area contributed by atoms with Gasteiger partial charge in [-0.2, -0.15) is 0 Å². The molecule has 5 rings (SSSR count). The van der Waals surface area contributed by atoms with Gasteiger partial charge in [0.2, 0.25) is 0 Å². The minimum Gasteiger partial charge on any atom is -0.462 e. The van der Waals surface area contributed by atoms with Crippen LogP contribution in [0.4, 0.5) is 0 Å². The smallest absolute Gasteiger partial charge is 0.309 e. The molecule has 4 nitrogen and oxygen atoms in total. The van der Waals surface area contributed by atoms with E-state index in [4.69, 9.17) is 9.47 Å². The second kappa shape index (κ2) is 25.3. The lowest BCUT2D eigenvalue weighted by atomic mass is 9.68. The molecule has 312 valence electrons. The summed E-state index contributed by atoms with van der Waals surface area (Å²) in [6.45, 7) is 4.88. The molecule has 0 aromatic heterocycles. The molecule has 5 aliphatic rings. The van der Waals surface area contributed by atoms with E-state index in [2.05, 4.69) is 13.8 Å². The van der Waals surface area contributed by atoms with Gasteiger partial charge in [-0.15, -0.1) is 0 Å². The van der Waals surface area contributed by atoms with Crippen molar-refractivity contribution in [3.05, 3.63) is 0 Å². The molecule has 0 spiro atoms. The fourth-order valence-corrected chi connectivity index (χ4v) is 12.3. The molecule has 5 saturated carbocycles. The van der Waals surface area contributed by atoms with Gasteiger partial charge in [-0.1, -0.05) is 149 Å².